The maximum absolute atomic E-state index is 15.4. The molecule has 0 aromatic heterocycles. The average molecular weight is 2120 g/mol. The zero-order valence-corrected chi connectivity index (χ0v) is 95.6. The molecule has 0 saturated carbocycles. The van der Waals surface area contributed by atoms with E-state index in [2.05, 4.69) is 71.3 Å². The number of aliphatic hydroxyl groups excluding tert-OH is 3. The number of aliphatic hydroxyl groups is 3. The molecule has 27 nitrogen and oxygen atoms in total. The van der Waals surface area contributed by atoms with Crippen molar-refractivity contribution < 1.29 is 120 Å². The Morgan fingerprint density at radius 2 is 0.603 bits per heavy atom. The summed E-state index contributed by atoms with van der Waals surface area (Å²) in [4.78, 5) is 131. The molecule has 9 N–H and O–H groups in total. The summed E-state index contributed by atoms with van der Waals surface area (Å²) in [7, 11) is -11.4. The van der Waals surface area contributed by atoms with Crippen molar-refractivity contribution in [1.82, 2.24) is 10.6 Å². The summed E-state index contributed by atoms with van der Waals surface area (Å²) in [5.41, 5.74) is 0. The maximum atomic E-state index is 15.4. The number of hydrogen-bond acceptors (Lipinski definition) is 21. The van der Waals surface area contributed by atoms with E-state index in [1.807, 2.05) is 0 Å². The molecule has 2 rings (SSSR count). The molecule has 29 heteroatoms. The maximum Gasteiger partial charge on any atom is 0.472 e. The molecule has 2 fully saturated rings. The van der Waals surface area contributed by atoms with Crippen LogP contribution in [0.5, 0.6) is 0 Å². The van der Waals surface area contributed by atoms with Crippen molar-refractivity contribution in [3.63, 3.8) is 0 Å². The molecule has 2 heterocycles. The highest BCUT2D eigenvalue weighted by molar-refractivity contribution is 7.46. The lowest BCUT2D eigenvalue weighted by molar-refractivity contribution is -0.297. The summed E-state index contributed by atoms with van der Waals surface area (Å²) in [6.07, 6.45) is 63.2. The van der Waals surface area contributed by atoms with Crippen LogP contribution in [0.2, 0.25) is 0 Å². The first kappa shape index (κ1) is 139. The Bertz CT molecular complexity index is 3190. The van der Waals surface area contributed by atoms with Gasteiger partial charge in [-0.25, -0.2) is 9.13 Å². The molecule has 146 heavy (non-hydrogen) atoms. The SMILES string of the molecule is CCCCCC/C=C\CCCCCCCCOC(CCCCCCCCCCC)CC(=O)NC1[C@H](OCC2OC(OP(=O)(O)O)C(NC(=O)CC(CCCCCCCCCCC)OC(=O)CCCCCCCCCCCCCCC)[C@@H](OC(=O)CC(O)CCCCCCCCCCC)[C@@H]2O)OC(CO)C(OP(=O)(O)O)[C@@H]1OC(=O)CC(CCCCCCCCCCC)OC(=O)CCCCCCCCCCCCCCCC. The van der Waals surface area contributed by atoms with Gasteiger partial charge in [-0.1, -0.05) is 484 Å². The Morgan fingerprint density at radius 3 is 0.966 bits per heavy atom. The number of hydrogen-bond donors (Lipinski definition) is 9. The Labute approximate surface area is 888 Å². The number of carbonyl (C=O) groups excluding carboxylic acids is 6. The van der Waals surface area contributed by atoms with Crippen molar-refractivity contribution >= 4 is 51.3 Å². The van der Waals surface area contributed by atoms with Gasteiger partial charge in [-0.15, -0.1) is 0 Å². The highest BCUT2D eigenvalue weighted by Gasteiger charge is 2.55. The van der Waals surface area contributed by atoms with Crippen LogP contribution < -0.4 is 10.6 Å². The topological polar surface area (TPSA) is 395 Å². The lowest BCUT2D eigenvalue weighted by Crippen LogP contribution is -2.68. The quantitative estimate of drug-likeness (QED) is 0.00898. The van der Waals surface area contributed by atoms with Gasteiger partial charge in [-0.05, 0) is 83.5 Å². The third kappa shape index (κ3) is 79.5. The monoisotopic (exact) mass is 2120 g/mol. The Morgan fingerprint density at radius 1 is 0.315 bits per heavy atom. The van der Waals surface area contributed by atoms with Crippen LogP contribution in [0.3, 0.4) is 0 Å². The van der Waals surface area contributed by atoms with Gasteiger partial charge in [0.15, 0.2) is 24.8 Å². The largest absolute Gasteiger partial charge is 0.472 e. The Kier molecular flexibility index (Phi) is 91.2. The Hall–Kier alpha value is -3.50. The van der Waals surface area contributed by atoms with Crippen LogP contribution in [0.15, 0.2) is 12.2 Å². The number of phosphoric acid groups is 2. The van der Waals surface area contributed by atoms with Gasteiger partial charge in [0.2, 0.25) is 11.8 Å². The molecule has 0 spiro atoms. The second-order valence-electron chi connectivity index (χ2n) is 43.1. The van der Waals surface area contributed by atoms with Crippen molar-refractivity contribution in [2.24, 2.45) is 0 Å². The predicted octanol–water partition coefficient (Wildman–Crippen LogP) is 29.6. The first-order valence-corrected chi connectivity index (χ1v) is 63.9. The second-order valence-corrected chi connectivity index (χ2v) is 45.5. The van der Waals surface area contributed by atoms with Gasteiger partial charge in [0, 0.05) is 19.4 Å². The molecule has 2 aliphatic rings. The number of carbonyl (C=O) groups is 6. The van der Waals surface area contributed by atoms with Crippen LogP contribution in [0.1, 0.15) is 594 Å². The van der Waals surface area contributed by atoms with Crippen molar-refractivity contribution in [3.8, 4) is 0 Å². The number of allylic oxidation sites excluding steroid dienone is 2. The van der Waals surface area contributed by atoms with Gasteiger partial charge < -0.3 is 83.4 Å². The highest BCUT2D eigenvalue weighted by atomic mass is 31.2. The molecule has 0 bridgehead atoms. The molecule has 0 aromatic rings. The first-order chi connectivity index (χ1) is 70.8. The Balaban J connectivity index is 2.90. The third-order valence-corrected chi connectivity index (χ3v) is 30.1. The van der Waals surface area contributed by atoms with E-state index in [-0.39, 0.29) is 38.5 Å². The van der Waals surface area contributed by atoms with Gasteiger partial charge in [-0.2, -0.15) is 0 Å². The minimum Gasteiger partial charge on any atom is -0.462 e. The molecular formula is C117H222N2O25P2. The van der Waals surface area contributed by atoms with Crippen LogP contribution in [0.25, 0.3) is 0 Å². The summed E-state index contributed by atoms with van der Waals surface area (Å²) < 4.78 is 88.6. The van der Waals surface area contributed by atoms with Crippen molar-refractivity contribution in [2.75, 3.05) is 19.8 Å². The average Bonchev–Trinajstić information content (AvgIpc) is 0.773. The highest BCUT2D eigenvalue weighted by Crippen LogP contribution is 2.45. The van der Waals surface area contributed by atoms with Gasteiger partial charge in [0.05, 0.1) is 51.1 Å². The fourth-order valence-electron chi connectivity index (χ4n) is 20.2. The van der Waals surface area contributed by atoms with Crippen LogP contribution in [0.4, 0.5) is 0 Å². The smallest absolute Gasteiger partial charge is 0.462 e. The third-order valence-electron chi connectivity index (χ3n) is 29.1. The molecule has 0 radical (unpaired) electrons. The van der Waals surface area contributed by atoms with Crippen LogP contribution in [-0.4, -0.2) is 176 Å². The van der Waals surface area contributed by atoms with E-state index >= 15 is 9.59 Å². The summed E-state index contributed by atoms with van der Waals surface area (Å²) >= 11 is 0. The summed E-state index contributed by atoms with van der Waals surface area (Å²) in [6, 6.07) is -3.81. The number of nitrogens with one attached hydrogen (secondary N) is 2. The number of esters is 4. The fraction of sp³-hybridized carbons (Fsp3) is 0.932. The van der Waals surface area contributed by atoms with E-state index in [1.165, 1.54) is 161 Å². The van der Waals surface area contributed by atoms with Crippen molar-refractivity contribution in [1.29, 1.82) is 0 Å². The molecule has 0 aliphatic carbocycles. The molecule has 860 valence electrons. The first-order valence-electron chi connectivity index (χ1n) is 60.9. The molecule has 10 unspecified atom stereocenters. The van der Waals surface area contributed by atoms with Crippen LogP contribution in [-0.2, 0) is 84.8 Å². The van der Waals surface area contributed by atoms with E-state index in [0.29, 0.717) is 51.6 Å². The second kappa shape index (κ2) is 96.1. The van der Waals surface area contributed by atoms with E-state index in [4.69, 9.17) is 46.9 Å². The van der Waals surface area contributed by atoms with E-state index in [9.17, 15) is 63.2 Å². The number of unbranched alkanes of at least 4 members (excludes halogenated alkanes) is 67. The normalized spacial score (nSPS) is 19.1. The van der Waals surface area contributed by atoms with Crippen molar-refractivity contribution in [3.05, 3.63) is 12.2 Å². The zero-order chi connectivity index (χ0) is 107. The molecular weight excluding hydrogens is 1900 g/mol. The number of rotatable bonds is 106. The number of ether oxygens (including phenoxy) is 8. The van der Waals surface area contributed by atoms with E-state index in [0.717, 1.165) is 283 Å². The van der Waals surface area contributed by atoms with Gasteiger partial charge >= 0.3 is 39.5 Å². The fourth-order valence-corrected chi connectivity index (χ4v) is 21.2. The number of phosphoric ester groups is 2. The van der Waals surface area contributed by atoms with Crippen LogP contribution >= 0.6 is 15.6 Å². The summed E-state index contributed by atoms with van der Waals surface area (Å²) in [6.45, 7) is 13.7. The lowest BCUT2D eigenvalue weighted by atomic mass is 9.95. The van der Waals surface area contributed by atoms with E-state index < -0.39 is 170 Å². The number of amides is 2. The van der Waals surface area contributed by atoms with Gasteiger partial charge in [0.25, 0.3) is 0 Å². The van der Waals surface area contributed by atoms with Gasteiger partial charge in [0.1, 0.15) is 48.7 Å². The van der Waals surface area contributed by atoms with Crippen LogP contribution in [0, 0.1) is 0 Å². The lowest BCUT2D eigenvalue weighted by Gasteiger charge is -2.47. The van der Waals surface area contributed by atoms with Gasteiger partial charge in [-0.3, -0.25) is 37.8 Å². The van der Waals surface area contributed by atoms with Crippen molar-refractivity contribution in [2.45, 2.75) is 680 Å². The molecule has 14 atom stereocenters. The minimum absolute atomic E-state index is 0.0943. The summed E-state index contributed by atoms with van der Waals surface area (Å²) in [5, 5.41) is 41.4. The molecule has 0 aromatic carbocycles. The predicted molar refractivity (Wildman–Crippen MR) is 587 cm³/mol. The molecule has 2 saturated heterocycles. The minimum atomic E-state index is -5.73. The summed E-state index contributed by atoms with van der Waals surface area (Å²) in [5.74, 6) is -4.73. The standard InChI is InChI=1S/C117H222N2O25P2/c1-8-15-22-29-36-43-46-49-52-55-62-69-76-83-90-107(125)138-101(88-81-74-67-60-42-35-28-21-14-7)95-109(127)142-115-111(119-104(122)93-99(86-79-72-65-58-40-33-26-19-12-5)135-91-84-77-70-63-56-53-50-47-44-37-30-23-16-9-2)116(139-102(96-120)113(115)143-145(129,130)131)136-97-103-112(128)114(141-108(126)92-98(121)85-78-71-64-57-39-32-25-18-11-4)110(117(140-103)144-146(132,133)134)118-105(123)94-100(87-80-73-66-59-41-34-27-20-13-6)137-106(124)89-82-75-68-61-54-51-48-45-38-31-24-17-10-3/h44,47,98-103,110-117,120-121,128H,8-43,45-46,48-97H2,1-7H3,(H,118,123)(H,119,122)(H2,129,130,131)(H2,132,133,134)/b47-44-/t98?,99?,100?,101?,102?,103?,110?,111?,112-,113?,114-,115-,116-,117?/m1/s1. The molecule has 2 amide bonds. The zero-order valence-electron chi connectivity index (χ0n) is 93.8. The molecule has 2 aliphatic heterocycles. The van der Waals surface area contributed by atoms with E-state index in [1.54, 1.807) is 0 Å².